The molecule has 2 aromatic carbocycles. The van der Waals surface area contributed by atoms with E-state index in [1.165, 1.54) is 31.2 Å². The first-order chi connectivity index (χ1) is 13.2. The van der Waals surface area contributed by atoms with Crippen LogP contribution in [-0.4, -0.2) is 32.8 Å². The molecular formula is C21H21NO5S. The molecule has 1 unspecified atom stereocenters. The minimum atomic E-state index is -3.84. The second-order valence-corrected chi connectivity index (χ2v) is 8.03. The topological polar surface area (TPSA) is 89.5 Å². The third-order valence-electron chi connectivity index (χ3n) is 4.19. The number of terminal acetylenes is 1. The molecule has 1 atom stereocenters. The smallest absolute Gasteiger partial charge is 0.338 e. The van der Waals surface area contributed by atoms with Crippen molar-refractivity contribution in [2.24, 2.45) is 0 Å². The summed E-state index contributed by atoms with van der Waals surface area (Å²) >= 11 is 0. The van der Waals surface area contributed by atoms with Crippen LogP contribution < -0.4 is 4.72 Å². The second kappa shape index (κ2) is 8.83. The zero-order valence-corrected chi connectivity index (χ0v) is 16.7. The standard InChI is InChI=1S/C21H21NO5S/c1-5-11-22-28(25,26)19-8-6-7-18(13-19)21(24)27-16(4)20(23)17-10-9-14(2)15(3)12-17/h1,6-10,12-13,16,22H,11H2,2-4H3. The minimum Gasteiger partial charge on any atom is -0.451 e. The van der Waals surface area contributed by atoms with Crippen LogP contribution in [0.3, 0.4) is 0 Å². The van der Waals surface area contributed by atoms with Crippen LogP contribution in [0.2, 0.25) is 0 Å². The molecule has 28 heavy (non-hydrogen) atoms. The highest BCUT2D eigenvalue weighted by Crippen LogP contribution is 2.16. The molecule has 7 heteroatoms. The van der Waals surface area contributed by atoms with E-state index in [1.807, 2.05) is 19.9 Å². The maximum Gasteiger partial charge on any atom is 0.338 e. The molecule has 0 bridgehead atoms. The summed E-state index contributed by atoms with van der Waals surface area (Å²) in [7, 11) is -3.84. The highest BCUT2D eigenvalue weighted by atomic mass is 32.2. The van der Waals surface area contributed by atoms with E-state index >= 15 is 0 Å². The minimum absolute atomic E-state index is 0.0170. The lowest BCUT2D eigenvalue weighted by atomic mass is 10.0. The van der Waals surface area contributed by atoms with E-state index in [0.29, 0.717) is 5.56 Å². The number of hydrogen-bond acceptors (Lipinski definition) is 5. The van der Waals surface area contributed by atoms with Crippen LogP contribution >= 0.6 is 0 Å². The van der Waals surface area contributed by atoms with Crippen LogP contribution in [0.15, 0.2) is 47.4 Å². The van der Waals surface area contributed by atoms with Gasteiger partial charge in [-0.05, 0) is 56.2 Å². The molecule has 146 valence electrons. The van der Waals surface area contributed by atoms with Crippen molar-refractivity contribution in [2.75, 3.05) is 6.54 Å². The van der Waals surface area contributed by atoms with Gasteiger partial charge >= 0.3 is 5.97 Å². The number of carbonyl (C=O) groups excluding carboxylic acids is 2. The van der Waals surface area contributed by atoms with Crippen molar-refractivity contribution in [1.82, 2.24) is 4.72 Å². The van der Waals surface area contributed by atoms with Crippen LogP contribution in [0.25, 0.3) is 0 Å². The van der Waals surface area contributed by atoms with Crippen LogP contribution in [0.5, 0.6) is 0 Å². The average molecular weight is 399 g/mol. The van der Waals surface area contributed by atoms with Crippen molar-refractivity contribution in [3.63, 3.8) is 0 Å². The zero-order valence-electron chi connectivity index (χ0n) is 15.9. The summed E-state index contributed by atoms with van der Waals surface area (Å²) in [6.45, 7) is 5.14. The van der Waals surface area contributed by atoms with Crippen LogP contribution in [0.4, 0.5) is 0 Å². The molecule has 0 radical (unpaired) electrons. The van der Waals surface area contributed by atoms with E-state index in [-0.39, 0.29) is 22.8 Å². The molecule has 0 aliphatic rings. The van der Waals surface area contributed by atoms with Gasteiger partial charge < -0.3 is 4.74 Å². The van der Waals surface area contributed by atoms with Crippen LogP contribution in [-0.2, 0) is 14.8 Å². The Balaban J connectivity index is 2.16. The molecule has 0 aromatic heterocycles. The summed E-state index contributed by atoms with van der Waals surface area (Å²) in [6.07, 6.45) is 4.04. The number of nitrogens with one attached hydrogen (secondary N) is 1. The van der Waals surface area contributed by atoms with Gasteiger partial charge in [0, 0.05) is 5.56 Å². The van der Waals surface area contributed by atoms with E-state index in [1.54, 1.807) is 12.1 Å². The fraction of sp³-hybridized carbons (Fsp3) is 0.238. The first kappa shape index (κ1) is 21.4. The zero-order chi connectivity index (χ0) is 20.9. The van der Waals surface area contributed by atoms with E-state index < -0.39 is 22.1 Å². The average Bonchev–Trinajstić information content (AvgIpc) is 2.68. The van der Waals surface area contributed by atoms with Gasteiger partial charge in [-0.2, -0.15) is 4.72 Å². The number of esters is 1. The van der Waals surface area contributed by atoms with E-state index in [2.05, 4.69) is 10.6 Å². The maximum atomic E-state index is 12.5. The number of Topliss-reactive ketones (excluding diaryl/α,β-unsaturated/α-hetero) is 1. The predicted molar refractivity (Wildman–Crippen MR) is 106 cm³/mol. The fourth-order valence-corrected chi connectivity index (χ4v) is 3.40. The van der Waals surface area contributed by atoms with Gasteiger partial charge in [0.15, 0.2) is 6.10 Å². The third-order valence-corrected chi connectivity index (χ3v) is 5.59. The second-order valence-electron chi connectivity index (χ2n) is 6.27. The number of rotatable bonds is 7. The summed E-state index contributed by atoms with van der Waals surface area (Å²) in [5.74, 6) is 1.04. The Morgan fingerprint density at radius 1 is 1.11 bits per heavy atom. The fourth-order valence-electron chi connectivity index (χ4n) is 2.42. The summed E-state index contributed by atoms with van der Waals surface area (Å²) in [4.78, 5) is 24.8. The van der Waals surface area contributed by atoms with Gasteiger partial charge in [0.05, 0.1) is 17.0 Å². The Morgan fingerprint density at radius 3 is 2.46 bits per heavy atom. The first-order valence-electron chi connectivity index (χ1n) is 8.51. The SMILES string of the molecule is C#CCNS(=O)(=O)c1cccc(C(=O)OC(C)C(=O)c2ccc(C)c(C)c2)c1. The summed E-state index contributed by atoms with van der Waals surface area (Å²) in [5.41, 5.74) is 2.47. The van der Waals surface area contributed by atoms with Crippen molar-refractivity contribution in [2.45, 2.75) is 31.8 Å². The number of ketones is 1. The molecule has 2 rings (SSSR count). The molecule has 0 aliphatic heterocycles. The Bertz CT molecular complexity index is 1050. The number of sulfonamides is 1. The molecule has 2 aromatic rings. The molecule has 0 saturated heterocycles. The highest BCUT2D eigenvalue weighted by molar-refractivity contribution is 7.89. The monoisotopic (exact) mass is 399 g/mol. The Morgan fingerprint density at radius 2 is 1.82 bits per heavy atom. The number of carbonyl (C=O) groups is 2. The lowest BCUT2D eigenvalue weighted by molar-refractivity contribution is 0.0318. The van der Waals surface area contributed by atoms with Gasteiger partial charge in [0.2, 0.25) is 15.8 Å². The summed E-state index contributed by atoms with van der Waals surface area (Å²) in [5, 5.41) is 0. The van der Waals surface area contributed by atoms with Crippen molar-refractivity contribution in [3.05, 3.63) is 64.7 Å². The van der Waals surface area contributed by atoms with E-state index in [9.17, 15) is 18.0 Å². The lowest BCUT2D eigenvalue weighted by Gasteiger charge is -2.14. The number of aryl methyl sites for hydroxylation is 2. The number of hydrogen-bond donors (Lipinski definition) is 1. The molecule has 6 nitrogen and oxygen atoms in total. The Labute approximate surface area is 165 Å². The molecule has 0 heterocycles. The van der Waals surface area contributed by atoms with E-state index in [4.69, 9.17) is 11.2 Å². The van der Waals surface area contributed by atoms with Crippen LogP contribution in [0, 0.1) is 26.2 Å². The molecule has 0 aliphatic carbocycles. The van der Waals surface area contributed by atoms with Gasteiger partial charge in [-0.1, -0.05) is 24.1 Å². The Hall–Kier alpha value is -2.95. The number of benzene rings is 2. The molecular weight excluding hydrogens is 378 g/mol. The Kier molecular flexibility index (Phi) is 6.73. The van der Waals surface area contributed by atoms with Crippen molar-refractivity contribution >= 4 is 21.8 Å². The van der Waals surface area contributed by atoms with Gasteiger partial charge in [-0.15, -0.1) is 6.42 Å². The third kappa shape index (κ3) is 5.06. The van der Waals surface area contributed by atoms with Crippen molar-refractivity contribution in [1.29, 1.82) is 0 Å². The van der Waals surface area contributed by atoms with Crippen LogP contribution in [0.1, 0.15) is 38.8 Å². The van der Waals surface area contributed by atoms with Gasteiger partial charge in [-0.3, -0.25) is 4.79 Å². The summed E-state index contributed by atoms with van der Waals surface area (Å²) in [6, 6.07) is 10.6. The molecule has 0 spiro atoms. The normalized spacial score (nSPS) is 12.1. The van der Waals surface area contributed by atoms with Gasteiger partial charge in [0.25, 0.3) is 0 Å². The number of ether oxygens (including phenoxy) is 1. The summed E-state index contributed by atoms with van der Waals surface area (Å²) < 4.78 is 31.7. The largest absolute Gasteiger partial charge is 0.451 e. The molecule has 0 fully saturated rings. The molecule has 0 amide bonds. The van der Waals surface area contributed by atoms with Crippen molar-refractivity contribution in [3.8, 4) is 12.3 Å². The lowest BCUT2D eigenvalue weighted by Crippen LogP contribution is -2.26. The van der Waals surface area contributed by atoms with Gasteiger partial charge in [0.1, 0.15) is 0 Å². The first-order valence-corrected chi connectivity index (χ1v) is 9.99. The highest BCUT2D eigenvalue weighted by Gasteiger charge is 2.22. The predicted octanol–water partition coefficient (Wildman–Crippen LogP) is 2.64. The quantitative estimate of drug-likeness (QED) is 0.439. The van der Waals surface area contributed by atoms with E-state index in [0.717, 1.165) is 11.1 Å². The maximum absolute atomic E-state index is 12.5. The molecule has 1 N–H and O–H groups in total. The van der Waals surface area contributed by atoms with Gasteiger partial charge in [-0.25, -0.2) is 13.2 Å². The molecule has 0 saturated carbocycles. The van der Waals surface area contributed by atoms with Crippen molar-refractivity contribution < 1.29 is 22.7 Å².